The van der Waals surface area contributed by atoms with Gasteiger partial charge in [0.1, 0.15) is 6.61 Å². The molecule has 0 aliphatic carbocycles. The molecule has 0 fully saturated rings. The summed E-state index contributed by atoms with van der Waals surface area (Å²) in [6.45, 7) is 1.26. The lowest BCUT2D eigenvalue weighted by atomic mass is 10.2. The Balaban J connectivity index is 1.93. The van der Waals surface area contributed by atoms with Crippen LogP contribution >= 0.6 is 0 Å². The van der Waals surface area contributed by atoms with Crippen LogP contribution < -0.4 is 0 Å². The summed E-state index contributed by atoms with van der Waals surface area (Å²) in [6, 6.07) is 19.3. The predicted octanol–water partition coefficient (Wildman–Crippen LogP) is 3.21. The second-order valence-electron chi connectivity index (χ2n) is 5.02. The van der Waals surface area contributed by atoms with Gasteiger partial charge < -0.3 is 14.7 Å². The van der Waals surface area contributed by atoms with Crippen LogP contribution in [0.5, 0.6) is 0 Å². The van der Waals surface area contributed by atoms with E-state index in [0.29, 0.717) is 19.5 Å². The van der Waals surface area contributed by atoms with E-state index in [9.17, 15) is 4.79 Å². The molecular formula is C18H21NO3. The molecule has 0 unspecified atom stereocenters. The van der Waals surface area contributed by atoms with Crippen molar-refractivity contribution in [3.8, 4) is 0 Å². The molecule has 1 amide bonds. The smallest absolute Gasteiger partial charge is 0.410 e. The fourth-order valence-electron chi connectivity index (χ4n) is 2.11. The Morgan fingerprint density at radius 2 is 1.55 bits per heavy atom. The lowest BCUT2D eigenvalue weighted by Gasteiger charge is -2.22. The van der Waals surface area contributed by atoms with Gasteiger partial charge in [-0.2, -0.15) is 0 Å². The standard InChI is InChI=1S/C18H21NO3/c20-13-7-12-19(14-16-8-3-1-4-9-16)18(21)22-15-17-10-5-2-6-11-17/h1-6,8-11,20H,7,12-15H2. The molecule has 0 radical (unpaired) electrons. The topological polar surface area (TPSA) is 49.8 Å². The van der Waals surface area contributed by atoms with Crippen molar-refractivity contribution >= 4 is 6.09 Å². The van der Waals surface area contributed by atoms with Gasteiger partial charge in [0.15, 0.2) is 0 Å². The minimum Gasteiger partial charge on any atom is -0.445 e. The van der Waals surface area contributed by atoms with Gasteiger partial charge in [0, 0.05) is 19.7 Å². The molecule has 0 spiro atoms. The second kappa shape index (κ2) is 8.85. The van der Waals surface area contributed by atoms with Crippen molar-refractivity contribution in [3.63, 3.8) is 0 Å². The monoisotopic (exact) mass is 299 g/mol. The van der Waals surface area contributed by atoms with Gasteiger partial charge in [-0.1, -0.05) is 60.7 Å². The first-order valence-corrected chi connectivity index (χ1v) is 7.40. The molecule has 1 N–H and O–H groups in total. The van der Waals surface area contributed by atoms with Crippen LogP contribution in [-0.2, 0) is 17.9 Å². The molecule has 22 heavy (non-hydrogen) atoms. The number of ether oxygens (including phenoxy) is 1. The number of carbonyl (C=O) groups excluding carboxylic acids is 1. The summed E-state index contributed by atoms with van der Waals surface area (Å²) in [6.07, 6.45) is 0.175. The van der Waals surface area contributed by atoms with Crippen LogP contribution in [0.25, 0.3) is 0 Å². The van der Waals surface area contributed by atoms with Crippen molar-refractivity contribution in [1.82, 2.24) is 4.90 Å². The maximum Gasteiger partial charge on any atom is 0.410 e. The summed E-state index contributed by atoms with van der Waals surface area (Å²) in [5.41, 5.74) is 2.00. The molecule has 0 atom stereocenters. The number of carbonyl (C=O) groups is 1. The number of benzene rings is 2. The SMILES string of the molecule is O=C(OCc1ccccc1)N(CCCO)Cc1ccccc1. The van der Waals surface area contributed by atoms with Crippen LogP contribution in [0, 0.1) is 0 Å². The van der Waals surface area contributed by atoms with E-state index in [1.807, 2.05) is 60.7 Å². The summed E-state index contributed by atoms with van der Waals surface area (Å²) in [5, 5.41) is 8.99. The van der Waals surface area contributed by atoms with Gasteiger partial charge in [0.2, 0.25) is 0 Å². The zero-order valence-electron chi connectivity index (χ0n) is 12.5. The fourth-order valence-corrected chi connectivity index (χ4v) is 2.11. The molecule has 0 aliphatic rings. The first kappa shape index (κ1) is 16.0. The molecule has 0 saturated carbocycles. The molecule has 2 aromatic carbocycles. The number of nitrogens with zero attached hydrogens (tertiary/aromatic N) is 1. The van der Waals surface area contributed by atoms with E-state index in [-0.39, 0.29) is 19.3 Å². The molecule has 116 valence electrons. The highest BCUT2D eigenvalue weighted by Gasteiger charge is 2.15. The second-order valence-corrected chi connectivity index (χ2v) is 5.02. The van der Waals surface area contributed by atoms with E-state index < -0.39 is 0 Å². The summed E-state index contributed by atoms with van der Waals surface area (Å²) in [4.78, 5) is 13.9. The number of rotatable bonds is 7. The molecule has 2 rings (SSSR count). The minimum absolute atomic E-state index is 0.0528. The largest absolute Gasteiger partial charge is 0.445 e. The van der Waals surface area contributed by atoms with Crippen LogP contribution in [0.2, 0.25) is 0 Å². The minimum atomic E-state index is -0.360. The van der Waals surface area contributed by atoms with E-state index in [1.165, 1.54) is 0 Å². The Hall–Kier alpha value is -2.33. The van der Waals surface area contributed by atoms with Gasteiger partial charge in [-0.05, 0) is 17.5 Å². The van der Waals surface area contributed by atoms with Crippen molar-refractivity contribution in [2.75, 3.05) is 13.2 Å². The van der Waals surface area contributed by atoms with Gasteiger partial charge in [-0.25, -0.2) is 4.79 Å². The number of hydrogen-bond acceptors (Lipinski definition) is 3. The van der Waals surface area contributed by atoms with Crippen molar-refractivity contribution in [3.05, 3.63) is 71.8 Å². The Morgan fingerprint density at radius 3 is 2.14 bits per heavy atom. The Labute approximate surface area is 131 Å². The molecule has 0 aromatic heterocycles. The average Bonchev–Trinajstić information content (AvgIpc) is 2.58. The summed E-state index contributed by atoms with van der Waals surface area (Å²) in [7, 11) is 0. The van der Waals surface area contributed by atoms with Crippen molar-refractivity contribution in [1.29, 1.82) is 0 Å². The maximum atomic E-state index is 12.2. The quantitative estimate of drug-likeness (QED) is 0.854. The third-order valence-electron chi connectivity index (χ3n) is 3.27. The number of aliphatic hydroxyl groups is 1. The van der Waals surface area contributed by atoms with Crippen molar-refractivity contribution in [2.24, 2.45) is 0 Å². The first-order valence-electron chi connectivity index (χ1n) is 7.40. The number of hydrogen-bond donors (Lipinski definition) is 1. The van der Waals surface area contributed by atoms with E-state index >= 15 is 0 Å². The van der Waals surface area contributed by atoms with E-state index in [2.05, 4.69) is 0 Å². The third kappa shape index (κ3) is 5.22. The summed E-state index contributed by atoms with van der Waals surface area (Å²) >= 11 is 0. The Bertz CT molecular complexity index is 557. The molecule has 0 aliphatic heterocycles. The van der Waals surface area contributed by atoms with Crippen molar-refractivity contribution in [2.45, 2.75) is 19.6 Å². The van der Waals surface area contributed by atoms with Gasteiger partial charge >= 0.3 is 6.09 Å². The molecule has 0 bridgehead atoms. The molecule has 4 nitrogen and oxygen atoms in total. The summed E-state index contributed by atoms with van der Waals surface area (Å²) in [5.74, 6) is 0. The van der Waals surface area contributed by atoms with Crippen LogP contribution in [0.3, 0.4) is 0 Å². The Kier molecular flexibility index (Phi) is 6.45. The highest BCUT2D eigenvalue weighted by molar-refractivity contribution is 5.67. The third-order valence-corrected chi connectivity index (χ3v) is 3.27. The number of amides is 1. The van der Waals surface area contributed by atoms with Gasteiger partial charge in [-0.15, -0.1) is 0 Å². The molecule has 0 heterocycles. The van der Waals surface area contributed by atoms with E-state index in [4.69, 9.17) is 9.84 Å². The molecular weight excluding hydrogens is 278 g/mol. The zero-order valence-corrected chi connectivity index (χ0v) is 12.5. The highest BCUT2D eigenvalue weighted by atomic mass is 16.6. The van der Waals surface area contributed by atoms with Crippen LogP contribution in [0.15, 0.2) is 60.7 Å². The summed E-state index contributed by atoms with van der Waals surface area (Å²) < 4.78 is 5.36. The van der Waals surface area contributed by atoms with E-state index in [0.717, 1.165) is 11.1 Å². The zero-order chi connectivity index (χ0) is 15.6. The predicted molar refractivity (Wildman–Crippen MR) is 85.2 cm³/mol. The van der Waals surface area contributed by atoms with Gasteiger partial charge in [0.05, 0.1) is 0 Å². The van der Waals surface area contributed by atoms with Crippen LogP contribution in [0.4, 0.5) is 4.79 Å². The van der Waals surface area contributed by atoms with Crippen LogP contribution in [0.1, 0.15) is 17.5 Å². The molecule has 0 saturated heterocycles. The average molecular weight is 299 g/mol. The Morgan fingerprint density at radius 1 is 0.955 bits per heavy atom. The highest BCUT2D eigenvalue weighted by Crippen LogP contribution is 2.09. The van der Waals surface area contributed by atoms with Crippen molar-refractivity contribution < 1.29 is 14.6 Å². The molecule has 4 heteroatoms. The lowest BCUT2D eigenvalue weighted by Crippen LogP contribution is -2.32. The maximum absolute atomic E-state index is 12.2. The normalized spacial score (nSPS) is 10.2. The number of aliphatic hydroxyl groups excluding tert-OH is 1. The lowest BCUT2D eigenvalue weighted by molar-refractivity contribution is 0.0910. The van der Waals surface area contributed by atoms with Crippen LogP contribution in [-0.4, -0.2) is 29.3 Å². The van der Waals surface area contributed by atoms with E-state index in [1.54, 1.807) is 4.90 Å². The first-order chi connectivity index (χ1) is 10.8. The van der Waals surface area contributed by atoms with Gasteiger partial charge in [0.25, 0.3) is 0 Å². The fraction of sp³-hybridized carbons (Fsp3) is 0.278. The van der Waals surface area contributed by atoms with Gasteiger partial charge in [-0.3, -0.25) is 0 Å². The molecule has 2 aromatic rings.